The first kappa shape index (κ1) is 16.1. The summed E-state index contributed by atoms with van der Waals surface area (Å²) < 4.78 is 7.28. The molecule has 2 amide bonds. The molecule has 1 aliphatic carbocycles. The second-order valence-electron chi connectivity index (χ2n) is 6.91. The number of rotatable bonds is 3. The molecule has 134 valence electrons. The van der Waals surface area contributed by atoms with Crippen LogP contribution < -0.4 is 5.32 Å². The third kappa shape index (κ3) is 3.25. The van der Waals surface area contributed by atoms with Crippen molar-refractivity contribution in [2.24, 2.45) is 0 Å². The summed E-state index contributed by atoms with van der Waals surface area (Å²) in [6.45, 7) is 2.48. The first-order chi connectivity index (χ1) is 12.2. The van der Waals surface area contributed by atoms with Gasteiger partial charge in [0, 0.05) is 12.6 Å². The van der Waals surface area contributed by atoms with Gasteiger partial charge in [0.05, 0.1) is 12.2 Å². The van der Waals surface area contributed by atoms with Crippen LogP contribution in [-0.2, 0) is 0 Å². The normalized spacial score (nSPS) is 21.6. The van der Waals surface area contributed by atoms with Gasteiger partial charge in [0.1, 0.15) is 11.9 Å². The first-order valence-electron chi connectivity index (χ1n) is 9.14. The van der Waals surface area contributed by atoms with Gasteiger partial charge in [-0.2, -0.15) is 10.1 Å². The number of aromatic nitrogens is 4. The van der Waals surface area contributed by atoms with E-state index in [1.54, 1.807) is 13.1 Å². The van der Waals surface area contributed by atoms with Crippen molar-refractivity contribution in [2.45, 2.75) is 64.0 Å². The lowest BCUT2D eigenvalue weighted by molar-refractivity contribution is 0.142. The van der Waals surface area contributed by atoms with Crippen molar-refractivity contribution in [1.82, 2.24) is 24.8 Å². The molecule has 8 heteroatoms. The highest BCUT2D eigenvalue weighted by molar-refractivity contribution is 5.88. The topological polar surface area (TPSA) is 89.1 Å². The minimum Gasteiger partial charge on any atom is -0.337 e. The largest absolute Gasteiger partial charge is 0.337 e. The van der Waals surface area contributed by atoms with E-state index in [0.717, 1.165) is 37.9 Å². The fourth-order valence-electron chi connectivity index (χ4n) is 3.91. The van der Waals surface area contributed by atoms with E-state index in [0.29, 0.717) is 24.3 Å². The highest BCUT2D eigenvalue weighted by Crippen LogP contribution is 2.33. The molecule has 1 aliphatic heterocycles. The number of anilines is 1. The predicted octanol–water partition coefficient (Wildman–Crippen LogP) is 3.45. The van der Waals surface area contributed by atoms with Gasteiger partial charge >= 0.3 is 6.03 Å². The van der Waals surface area contributed by atoms with E-state index in [1.165, 1.54) is 12.8 Å². The van der Waals surface area contributed by atoms with Crippen LogP contribution in [0.5, 0.6) is 0 Å². The Morgan fingerprint density at radius 3 is 2.80 bits per heavy atom. The molecule has 2 aromatic heterocycles. The van der Waals surface area contributed by atoms with Crippen LogP contribution in [-0.4, -0.2) is 37.4 Å². The lowest BCUT2D eigenvalue weighted by Gasteiger charge is -2.33. The first-order valence-corrected chi connectivity index (χ1v) is 9.14. The molecule has 0 bridgehead atoms. The Morgan fingerprint density at radius 1 is 1.24 bits per heavy atom. The molecule has 1 saturated heterocycles. The van der Waals surface area contributed by atoms with Crippen molar-refractivity contribution in [1.29, 1.82) is 0 Å². The highest BCUT2D eigenvalue weighted by atomic mass is 16.5. The average molecular weight is 344 g/mol. The molecule has 8 nitrogen and oxygen atoms in total. The minimum absolute atomic E-state index is 0.125. The van der Waals surface area contributed by atoms with Crippen molar-refractivity contribution in [3.8, 4) is 0 Å². The van der Waals surface area contributed by atoms with Crippen molar-refractivity contribution in [2.75, 3.05) is 11.9 Å². The fourth-order valence-corrected chi connectivity index (χ4v) is 3.91. The van der Waals surface area contributed by atoms with Crippen LogP contribution in [0.2, 0.25) is 0 Å². The Morgan fingerprint density at radius 2 is 2.04 bits per heavy atom. The Hall–Kier alpha value is -2.38. The van der Waals surface area contributed by atoms with Gasteiger partial charge in [0.25, 0.3) is 0 Å². The van der Waals surface area contributed by atoms with Crippen LogP contribution >= 0.6 is 0 Å². The molecule has 2 fully saturated rings. The molecule has 0 spiro atoms. The zero-order valence-corrected chi connectivity index (χ0v) is 14.5. The molecule has 1 N–H and O–H groups in total. The van der Waals surface area contributed by atoms with Crippen LogP contribution in [0, 0.1) is 6.92 Å². The van der Waals surface area contributed by atoms with Crippen LogP contribution in [0.15, 0.2) is 16.8 Å². The van der Waals surface area contributed by atoms with Gasteiger partial charge in [-0.1, -0.05) is 18.0 Å². The van der Waals surface area contributed by atoms with E-state index in [2.05, 4.69) is 20.6 Å². The molecule has 0 radical (unpaired) electrons. The molecule has 1 atom stereocenters. The van der Waals surface area contributed by atoms with E-state index < -0.39 is 0 Å². The molecular formula is C17H24N6O2. The lowest BCUT2D eigenvalue weighted by atomic mass is 10.0. The molecule has 0 unspecified atom stereocenters. The van der Waals surface area contributed by atoms with Gasteiger partial charge in [-0.05, 0) is 39.0 Å². The van der Waals surface area contributed by atoms with Crippen molar-refractivity contribution in [3.05, 3.63) is 24.0 Å². The van der Waals surface area contributed by atoms with E-state index in [9.17, 15) is 4.79 Å². The maximum atomic E-state index is 12.9. The van der Waals surface area contributed by atoms with Crippen LogP contribution in [0.4, 0.5) is 10.6 Å². The van der Waals surface area contributed by atoms with Gasteiger partial charge < -0.3 is 9.42 Å². The monoisotopic (exact) mass is 344 g/mol. The Kier molecular flexibility index (Phi) is 4.42. The number of nitrogens with one attached hydrogen (secondary N) is 1. The number of carbonyl (C=O) groups excluding carboxylic acids is 1. The Balaban J connectivity index is 1.50. The number of hydrogen-bond acceptors (Lipinski definition) is 5. The number of urea groups is 1. The molecule has 2 aliphatic rings. The molecule has 4 rings (SSSR count). The maximum absolute atomic E-state index is 12.9. The van der Waals surface area contributed by atoms with E-state index in [-0.39, 0.29) is 12.1 Å². The molecule has 25 heavy (non-hydrogen) atoms. The zero-order chi connectivity index (χ0) is 17.2. The summed E-state index contributed by atoms with van der Waals surface area (Å²) in [6, 6.07) is 1.98. The van der Waals surface area contributed by atoms with E-state index >= 15 is 0 Å². The Bertz CT molecular complexity index is 733. The average Bonchev–Trinajstić information content (AvgIpc) is 3.35. The lowest BCUT2D eigenvalue weighted by Crippen LogP contribution is -2.41. The molecular weight excluding hydrogens is 320 g/mol. The SMILES string of the molecule is Cc1noc([C@@H]2CCCCN2C(=O)Nc2ccnn2C2CCCC2)n1. The number of aryl methyl sites for hydroxylation is 1. The van der Waals surface area contributed by atoms with Gasteiger partial charge in [0.15, 0.2) is 5.82 Å². The standard InChI is InChI=1S/C17H24N6O2/c1-12-19-16(25-21-12)14-8-4-5-11-22(14)17(24)20-15-9-10-18-23(15)13-6-2-3-7-13/h9-10,13-14H,2-8,11H2,1H3,(H,20,24)/t14-/m0/s1. The smallest absolute Gasteiger partial charge is 0.323 e. The molecule has 0 aromatic carbocycles. The predicted molar refractivity (Wildman–Crippen MR) is 91.1 cm³/mol. The van der Waals surface area contributed by atoms with Gasteiger partial charge in [-0.15, -0.1) is 0 Å². The highest BCUT2D eigenvalue weighted by Gasteiger charge is 2.32. The van der Waals surface area contributed by atoms with Gasteiger partial charge in [-0.25, -0.2) is 9.48 Å². The van der Waals surface area contributed by atoms with Gasteiger partial charge in [0.2, 0.25) is 5.89 Å². The second kappa shape index (κ2) is 6.85. The minimum atomic E-state index is -0.155. The van der Waals surface area contributed by atoms with Crippen LogP contribution in [0.25, 0.3) is 0 Å². The van der Waals surface area contributed by atoms with Crippen LogP contribution in [0.3, 0.4) is 0 Å². The third-order valence-corrected chi connectivity index (χ3v) is 5.17. The van der Waals surface area contributed by atoms with Crippen molar-refractivity contribution in [3.63, 3.8) is 0 Å². The fraction of sp³-hybridized carbons (Fsp3) is 0.647. The molecule has 1 saturated carbocycles. The third-order valence-electron chi connectivity index (χ3n) is 5.17. The summed E-state index contributed by atoms with van der Waals surface area (Å²) in [4.78, 5) is 19.0. The Labute approximate surface area is 146 Å². The van der Waals surface area contributed by atoms with E-state index in [4.69, 9.17) is 4.52 Å². The number of hydrogen-bond donors (Lipinski definition) is 1. The number of carbonyl (C=O) groups is 1. The van der Waals surface area contributed by atoms with Crippen LogP contribution in [0.1, 0.15) is 68.7 Å². The summed E-state index contributed by atoms with van der Waals surface area (Å²) >= 11 is 0. The zero-order valence-electron chi connectivity index (χ0n) is 14.5. The number of piperidine rings is 1. The molecule has 2 aromatic rings. The second-order valence-corrected chi connectivity index (χ2v) is 6.91. The number of amides is 2. The summed E-state index contributed by atoms with van der Waals surface area (Å²) in [6.07, 6.45) is 9.33. The van der Waals surface area contributed by atoms with Gasteiger partial charge in [-0.3, -0.25) is 5.32 Å². The van der Waals surface area contributed by atoms with Crippen molar-refractivity contribution < 1.29 is 9.32 Å². The maximum Gasteiger partial charge on any atom is 0.323 e. The summed E-state index contributed by atoms with van der Waals surface area (Å²) in [5.41, 5.74) is 0. The summed E-state index contributed by atoms with van der Waals surface area (Å²) in [5.74, 6) is 1.89. The summed E-state index contributed by atoms with van der Waals surface area (Å²) in [7, 11) is 0. The summed E-state index contributed by atoms with van der Waals surface area (Å²) in [5, 5.41) is 11.3. The number of nitrogens with zero attached hydrogens (tertiary/aromatic N) is 5. The van der Waals surface area contributed by atoms with Crippen molar-refractivity contribution >= 4 is 11.8 Å². The molecule has 3 heterocycles. The number of likely N-dealkylation sites (tertiary alicyclic amines) is 1. The van der Waals surface area contributed by atoms with E-state index in [1.807, 2.05) is 15.6 Å². The quantitative estimate of drug-likeness (QED) is 0.921.